The van der Waals surface area contributed by atoms with Crippen molar-refractivity contribution in [2.45, 2.75) is 11.5 Å². The Hall–Kier alpha value is -0.710. The second kappa shape index (κ2) is 3.21. The van der Waals surface area contributed by atoms with Crippen LogP contribution in [0.5, 0.6) is 5.75 Å². The lowest BCUT2D eigenvalue weighted by Crippen LogP contribution is -1.82. The molecule has 0 bridgehead atoms. The highest BCUT2D eigenvalue weighted by molar-refractivity contribution is 7.80. The highest BCUT2D eigenvalue weighted by atomic mass is 32.1. The lowest BCUT2D eigenvalue weighted by molar-refractivity contribution is 0.283. The average Bonchev–Trinajstić information content (AvgIpc) is 2.50. The number of aromatic hydroxyl groups is 1. The fourth-order valence-corrected chi connectivity index (χ4v) is 2.72. The number of thiol groups is 1. The monoisotopic (exact) mass is 212 g/mol. The highest BCUT2D eigenvalue weighted by Crippen LogP contribution is 2.37. The molecule has 2 N–H and O–H groups in total. The summed E-state index contributed by atoms with van der Waals surface area (Å²) in [5.74, 6) is 0.221. The summed E-state index contributed by atoms with van der Waals surface area (Å²) in [5.41, 5.74) is 0.832. The van der Waals surface area contributed by atoms with Crippen LogP contribution in [0.2, 0.25) is 0 Å². The summed E-state index contributed by atoms with van der Waals surface area (Å²) in [6, 6.07) is 3.31. The smallest absolute Gasteiger partial charge is 0.125 e. The largest absolute Gasteiger partial charge is 0.507 e. The van der Waals surface area contributed by atoms with E-state index in [0.29, 0.717) is 0 Å². The summed E-state index contributed by atoms with van der Waals surface area (Å²) in [6.45, 7) is -0.00941. The SMILES string of the molecule is OCc1ccc(O)c2c(S)csc12. The normalized spacial score (nSPS) is 10.9. The molecule has 0 aliphatic carbocycles. The number of benzene rings is 1. The minimum atomic E-state index is -0.00941. The predicted molar refractivity (Wildman–Crippen MR) is 56.7 cm³/mol. The Labute approximate surface area is 84.9 Å². The van der Waals surface area contributed by atoms with Crippen LogP contribution >= 0.6 is 24.0 Å². The van der Waals surface area contributed by atoms with Gasteiger partial charge in [-0.2, -0.15) is 0 Å². The van der Waals surface area contributed by atoms with Gasteiger partial charge in [-0.1, -0.05) is 6.07 Å². The first-order valence-electron chi connectivity index (χ1n) is 3.76. The van der Waals surface area contributed by atoms with Gasteiger partial charge in [-0.3, -0.25) is 0 Å². The van der Waals surface area contributed by atoms with E-state index >= 15 is 0 Å². The van der Waals surface area contributed by atoms with Crippen molar-refractivity contribution in [3.05, 3.63) is 23.1 Å². The van der Waals surface area contributed by atoms with E-state index in [2.05, 4.69) is 12.6 Å². The van der Waals surface area contributed by atoms with E-state index in [1.54, 1.807) is 12.1 Å². The van der Waals surface area contributed by atoms with Crippen LogP contribution < -0.4 is 0 Å². The fraction of sp³-hybridized carbons (Fsp3) is 0.111. The van der Waals surface area contributed by atoms with Crippen LogP contribution in [0, 0.1) is 0 Å². The summed E-state index contributed by atoms with van der Waals surface area (Å²) in [7, 11) is 0. The Morgan fingerprint density at radius 2 is 2.15 bits per heavy atom. The Morgan fingerprint density at radius 1 is 1.38 bits per heavy atom. The molecule has 1 aromatic heterocycles. The van der Waals surface area contributed by atoms with Crippen LogP contribution in [0.15, 0.2) is 22.4 Å². The van der Waals surface area contributed by atoms with Crippen LogP contribution in [0.1, 0.15) is 5.56 Å². The molecule has 0 amide bonds. The molecule has 0 fully saturated rings. The Morgan fingerprint density at radius 3 is 2.85 bits per heavy atom. The van der Waals surface area contributed by atoms with Gasteiger partial charge in [0.15, 0.2) is 0 Å². The molecule has 2 aromatic rings. The van der Waals surface area contributed by atoms with Crippen LogP contribution in [-0.4, -0.2) is 10.2 Å². The number of aliphatic hydroxyl groups is 1. The molecular formula is C9H8O2S2. The Bertz CT molecular complexity index is 448. The van der Waals surface area contributed by atoms with Gasteiger partial charge in [0.25, 0.3) is 0 Å². The summed E-state index contributed by atoms with van der Waals surface area (Å²) in [6.07, 6.45) is 0. The van der Waals surface area contributed by atoms with Crippen molar-refractivity contribution in [1.82, 2.24) is 0 Å². The molecule has 4 heteroatoms. The van der Waals surface area contributed by atoms with Crippen molar-refractivity contribution in [1.29, 1.82) is 0 Å². The molecule has 1 aromatic carbocycles. The second-order valence-electron chi connectivity index (χ2n) is 2.73. The van der Waals surface area contributed by atoms with Gasteiger partial charge < -0.3 is 10.2 Å². The summed E-state index contributed by atoms with van der Waals surface area (Å²) >= 11 is 5.71. The summed E-state index contributed by atoms with van der Waals surface area (Å²) < 4.78 is 0.910. The highest BCUT2D eigenvalue weighted by Gasteiger charge is 2.09. The van der Waals surface area contributed by atoms with Crippen molar-refractivity contribution >= 4 is 34.1 Å². The van der Waals surface area contributed by atoms with Crippen LogP contribution in [0.25, 0.3) is 10.1 Å². The number of phenols is 1. The molecule has 0 radical (unpaired) electrons. The molecule has 0 unspecified atom stereocenters. The quantitative estimate of drug-likeness (QED) is 0.635. The topological polar surface area (TPSA) is 40.5 Å². The zero-order valence-electron chi connectivity index (χ0n) is 6.69. The van der Waals surface area contributed by atoms with Gasteiger partial charge in [0.1, 0.15) is 5.75 Å². The maximum atomic E-state index is 9.54. The number of rotatable bonds is 1. The van der Waals surface area contributed by atoms with Gasteiger partial charge in [0.05, 0.1) is 6.61 Å². The van der Waals surface area contributed by atoms with Crippen LogP contribution in [0.4, 0.5) is 0 Å². The van der Waals surface area contributed by atoms with E-state index in [9.17, 15) is 5.11 Å². The van der Waals surface area contributed by atoms with E-state index in [1.807, 2.05) is 5.38 Å². The predicted octanol–water partition coefficient (Wildman–Crippen LogP) is 2.39. The summed E-state index contributed by atoms with van der Waals surface area (Å²) in [5, 5.41) is 21.2. The van der Waals surface area contributed by atoms with Gasteiger partial charge in [0.2, 0.25) is 0 Å². The molecule has 1 heterocycles. The molecule has 0 saturated heterocycles. The molecule has 0 spiro atoms. The number of thiophene rings is 1. The number of hydrogen-bond acceptors (Lipinski definition) is 4. The van der Waals surface area contributed by atoms with Gasteiger partial charge in [-0.15, -0.1) is 24.0 Å². The molecule has 2 nitrogen and oxygen atoms in total. The zero-order valence-corrected chi connectivity index (χ0v) is 8.40. The van der Waals surface area contributed by atoms with Crippen LogP contribution in [0.3, 0.4) is 0 Å². The van der Waals surface area contributed by atoms with Gasteiger partial charge >= 0.3 is 0 Å². The zero-order chi connectivity index (χ0) is 9.42. The molecule has 68 valence electrons. The molecule has 0 saturated carbocycles. The van der Waals surface area contributed by atoms with E-state index < -0.39 is 0 Å². The first-order chi connectivity index (χ1) is 6.24. The maximum Gasteiger partial charge on any atom is 0.125 e. The minimum absolute atomic E-state index is 0.00941. The van der Waals surface area contributed by atoms with Gasteiger partial charge in [0, 0.05) is 20.4 Å². The Kier molecular flexibility index (Phi) is 2.19. The second-order valence-corrected chi connectivity index (χ2v) is 4.09. The number of phenolic OH excluding ortho intramolecular Hbond substituents is 1. The standard InChI is InChI=1S/C9H8O2S2/c10-3-5-1-2-6(11)8-7(12)4-13-9(5)8/h1-2,4,10-12H,3H2. The third-order valence-corrected chi connectivity index (χ3v) is 3.52. The van der Waals surface area contributed by atoms with Gasteiger partial charge in [-0.25, -0.2) is 0 Å². The molecule has 0 atom stereocenters. The lowest BCUT2D eigenvalue weighted by atomic mass is 10.1. The lowest BCUT2D eigenvalue weighted by Gasteiger charge is -2.00. The average molecular weight is 212 g/mol. The Balaban J connectivity index is 2.87. The van der Waals surface area contributed by atoms with E-state index in [0.717, 1.165) is 20.5 Å². The fourth-order valence-electron chi connectivity index (χ4n) is 1.30. The van der Waals surface area contributed by atoms with E-state index in [1.165, 1.54) is 11.3 Å². The van der Waals surface area contributed by atoms with Crippen molar-refractivity contribution in [2.24, 2.45) is 0 Å². The van der Waals surface area contributed by atoms with Gasteiger partial charge in [-0.05, 0) is 11.6 Å². The maximum absolute atomic E-state index is 9.54. The molecule has 0 aliphatic rings. The van der Waals surface area contributed by atoms with Crippen LogP contribution in [-0.2, 0) is 6.61 Å². The van der Waals surface area contributed by atoms with Crippen molar-refractivity contribution in [3.8, 4) is 5.75 Å². The first kappa shape index (κ1) is 8.87. The third kappa shape index (κ3) is 1.31. The van der Waals surface area contributed by atoms with Crippen molar-refractivity contribution < 1.29 is 10.2 Å². The molecule has 2 rings (SSSR count). The number of fused-ring (bicyclic) bond motifs is 1. The minimum Gasteiger partial charge on any atom is -0.507 e. The molecule has 0 aliphatic heterocycles. The van der Waals surface area contributed by atoms with E-state index in [-0.39, 0.29) is 12.4 Å². The summed E-state index contributed by atoms with van der Waals surface area (Å²) in [4.78, 5) is 0.757. The number of hydrogen-bond donors (Lipinski definition) is 3. The first-order valence-corrected chi connectivity index (χ1v) is 5.08. The van der Waals surface area contributed by atoms with Crippen molar-refractivity contribution in [2.75, 3.05) is 0 Å². The third-order valence-electron chi connectivity index (χ3n) is 1.93. The van der Waals surface area contributed by atoms with Crippen molar-refractivity contribution in [3.63, 3.8) is 0 Å². The number of aliphatic hydroxyl groups excluding tert-OH is 1. The molecule has 13 heavy (non-hydrogen) atoms. The van der Waals surface area contributed by atoms with E-state index in [4.69, 9.17) is 5.11 Å². The molecular weight excluding hydrogens is 204 g/mol.